The van der Waals surface area contributed by atoms with Gasteiger partial charge in [0.25, 0.3) is 0 Å². The number of aldehydes is 1. The Morgan fingerprint density at radius 1 is 1.54 bits per heavy atom. The first kappa shape index (κ1) is 12.1. The Morgan fingerprint density at radius 3 is 2.77 bits per heavy atom. The van der Waals surface area contributed by atoms with Gasteiger partial charge in [0.15, 0.2) is 0 Å². The van der Waals surface area contributed by atoms with Gasteiger partial charge in [0.2, 0.25) is 0 Å². The Hall–Kier alpha value is -0.900. The van der Waals surface area contributed by atoms with E-state index in [1.807, 2.05) is 0 Å². The molecule has 0 aromatic heterocycles. The highest BCUT2D eigenvalue weighted by molar-refractivity contribution is 5.69. The van der Waals surface area contributed by atoms with Gasteiger partial charge in [-0.1, -0.05) is 19.8 Å². The minimum Gasteiger partial charge on any atom is -0.464 e. The van der Waals surface area contributed by atoms with Crippen LogP contribution in [0.15, 0.2) is 0 Å². The van der Waals surface area contributed by atoms with E-state index in [1.165, 1.54) is 0 Å². The summed E-state index contributed by atoms with van der Waals surface area (Å²) in [4.78, 5) is 21.0. The second-order valence-electron chi connectivity index (χ2n) is 2.94. The first-order valence-electron chi connectivity index (χ1n) is 4.57. The summed E-state index contributed by atoms with van der Waals surface area (Å²) >= 11 is 0. The molecule has 0 rings (SSSR count). The maximum atomic E-state index is 10.9. The molecule has 76 valence electrons. The molecule has 0 aromatic carbocycles. The minimum atomic E-state index is -0.685. The number of ether oxygens (including phenoxy) is 1. The van der Waals surface area contributed by atoms with Crippen molar-refractivity contribution in [2.75, 3.05) is 6.61 Å². The summed E-state index contributed by atoms with van der Waals surface area (Å²) in [7, 11) is 0. The third-order valence-electron chi connectivity index (χ3n) is 1.60. The third-order valence-corrected chi connectivity index (χ3v) is 1.60. The van der Waals surface area contributed by atoms with E-state index in [0.29, 0.717) is 12.7 Å². The number of hydrogen-bond donors (Lipinski definition) is 1. The van der Waals surface area contributed by atoms with Crippen LogP contribution in [0.3, 0.4) is 0 Å². The van der Waals surface area contributed by atoms with Gasteiger partial charge in [-0.2, -0.15) is 0 Å². The Morgan fingerprint density at radius 2 is 2.23 bits per heavy atom. The van der Waals surface area contributed by atoms with Crippen LogP contribution in [0.1, 0.15) is 32.6 Å². The topological polar surface area (TPSA) is 69.4 Å². The van der Waals surface area contributed by atoms with E-state index in [1.54, 1.807) is 0 Å². The highest BCUT2D eigenvalue weighted by Crippen LogP contribution is 2.00. The molecular weight excluding hydrogens is 170 g/mol. The molecule has 0 radical (unpaired) electrons. The van der Waals surface area contributed by atoms with Crippen molar-refractivity contribution in [1.29, 1.82) is 0 Å². The maximum Gasteiger partial charge on any atom is 0.305 e. The zero-order valence-electron chi connectivity index (χ0n) is 7.99. The van der Waals surface area contributed by atoms with Gasteiger partial charge >= 0.3 is 5.97 Å². The lowest BCUT2D eigenvalue weighted by Gasteiger charge is -2.05. The molecule has 2 N–H and O–H groups in total. The van der Waals surface area contributed by atoms with E-state index in [2.05, 4.69) is 6.92 Å². The second-order valence-corrected chi connectivity index (χ2v) is 2.94. The standard InChI is InChI=1S/C9H17NO3/c1-2-3-4-5-9(12)13-7-8(10)6-11/h6,8H,2-5,7,10H2,1H3/t8-/m1/s1. The van der Waals surface area contributed by atoms with Crippen molar-refractivity contribution in [2.24, 2.45) is 5.73 Å². The molecule has 0 aromatic rings. The molecule has 0 aliphatic carbocycles. The lowest BCUT2D eigenvalue weighted by Crippen LogP contribution is -2.28. The van der Waals surface area contributed by atoms with Crippen molar-refractivity contribution in [3.63, 3.8) is 0 Å². The predicted molar refractivity (Wildman–Crippen MR) is 49.1 cm³/mol. The van der Waals surface area contributed by atoms with Crippen LogP contribution in [0.5, 0.6) is 0 Å². The quantitative estimate of drug-likeness (QED) is 0.360. The molecule has 0 heterocycles. The normalized spacial score (nSPS) is 12.2. The predicted octanol–water partition coefficient (Wildman–Crippen LogP) is 0.636. The summed E-state index contributed by atoms with van der Waals surface area (Å²) in [5.74, 6) is -0.272. The number of hydrogen-bond acceptors (Lipinski definition) is 4. The molecule has 0 aliphatic heterocycles. The van der Waals surface area contributed by atoms with Gasteiger partial charge in [0, 0.05) is 6.42 Å². The van der Waals surface area contributed by atoms with Crippen LogP contribution in [0, 0.1) is 0 Å². The molecule has 0 spiro atoms. The molecule has 4 heteroatoms. The van der Waals surface area contributed by atoms with Crippen molar-refractivity contribution in [3.05, 3.63) is 0 Å². The fraction of sp³-hybridized carbons (Fsp3) is 0.778. The summed E-state index contributed by atoms with van der Waals surface area (Å²) < 4.78 is 4.75. The molecule has 0 unspecified atom stereocenters. The van der Waals surface area contributed by atoms with Gasteiger partial charge in [-0.05, 0) is 6.42 Å². The summed E-state index contributed by atoms with van der Waals surface area (Å²) in [5.41, 5.74) is 5.23. The van der Waals surface area contributed by atoms with Crippen molar-refractivity contribution >= 4 is 12.3 Å². The molecule has 4 nitrogen and oxygen atoms in total. The van der Waals surface area contributed by atoms with Crippen LogP contribution in [0.25, 0.3) is 0 Å². The van der Waals surface area contributed by atoms with Crippen LogP contribution >= 0.6 is 0 Å². The van der Waals surface area contributed by atoms with Gasteiger partial charge in [0.1, 0.15) is 12.9 Å². The lowest BCUT2D eigenvalue weighted by molar-refractivity contribution is -0.144. The Kier molecular flexibility index (Phi) is 7.20. The molecule has 0 amide bonds. The van der Waals surface area contributed by atoms with Crippen molar-refractivity contribution in [1.82, 2.24) is 0 Å². The largest absolute Gasteiger partial charge is 0.464 e. The van der Waals surface area contributed by atoms with Crippen molar-refractivity contribution in [2.45, 2.75) is 38.6 Å². The summed E-state index contributed by atoms with van der Waals surface area (Å²) in [5, 5.41) is 0. The zero-order chi connectivity index (χ0) is 10.1. The molecular formula is C9H17NO3. The van der Waals surface area contributed by atoms with E-state index in [9.17, 15) is 9.59 Å². The smallest absolute Gasteiger partial charge is 0.305 e. The van der Waals surface area contributed by atoms with Gasteiger partial charge in [-0.15, -0.1) is 0 Å². The summed E-state index contributed by atoms with van der Waals surface area (Å²) in [6, 6.07) is -0.685. The average molecular weight is 187 g/mol. The van der Waals surface area contributed by atoms with Crippen LogP contribution in [-0.2, 0) is 14.3 Å². The van der Waals surface area contributed by atoms with Crippen molar-refractivity contribution in [3.8, 4) is 0 Å². The van der Waals surface area contributed by atoms with Crippen molar-refractivity contribution < 1.29 is 14.3 Å². The fourth-order valence-electron chi connectivity index (χ4n) is 0.820. The summed E-state index contributed by atoms with van der Waals surface area (Å²) in [6.45, 7) is 2.06. The summed E-state index contributed by atoms with van der Waals surface area (Å²) in [6.07, 6.45) is 3.92. The number of carbonyl (C=O) groups is 2. The van der Waals surface area contributed by atoms with Crippen LogP contribution in [-0.4, -0.2) is 24.9 Å². The highest BCUT2D eigenvalue weighted by Gasteiger charge is 2.05. The number of unbranched alkanes of at least 4 members (excludes halogenated alkanes) is 2. The lowest BCUT2D eigenvalue weighted by atomic mass is 10.2. The molecule has 0 bridgehead atoms. The molecule has 0 aliphatic rings. The molecule has 13 heavy (non-hydrogen) atoms. The molecule has 1 atom stereocenters. The SMILES string of the molecule is CCCCCC(=O)OC[C@H](N)C=O. The monoisotopic (exact) mass is 187 g/mol. The number of rotatable bonds is 7. The van der Waals surface area contributed by atoms with E-state index in [0.717, 1.165) is 19.3 Å². The first-order chi connectivity index (χ1) is 6.20. The number of esters is 1. The van der Waals surface area contributed by atoms with Crippen LogP contribution in [0.4, 0.5) is 0 Å². The molecule has 0 saturated carbocycles. The van der Waals surface area contributed by atoms with E-state index in [-0.39, 0.29) is 12.6 Å². The van der Waals surface area contributed by atoms with Crippen LogP contribution < -0.4 is 5.73 Å². The van der Waals surface area contributed by atoms with Gasteiger partial charge in [-0.25, -0.2) is 0 Å². The Bertz CT molecular complexity index is 159. The van der Waals surface area contributed by atoms with Gasteiger partial charge in [0.05, 0.1) is 6.04 Å². The number of carbonyl (C=O) groups excluding carboxylic acids is 2. The third kappa shape index (κ3) is 7.46. The van der Waals surface area contributed by atoms with E-state index in [4.69, 9.17) is 10.5 Å². The fourth-order valence-corrected chi connectivity index (χ4v) is 0.820. The van der Waals surface area contributed by atoms with Gasteiger partial charge < -0.3 is 15.3 Å². The first-order valence-corrected chi connectivity index (χ1v) is 4.57. The molecule has 0 fully saturated rings. The minimum absolute atomic E-state index is 0.00550. The Labute approximate surface area is 78.4 Å². The van der Waals surface area contributed by atoms with E-state index >= 15 is 0 Å². The molecule has 0 saturated heterocycles. The maximum absolute atomic E-state index is 10.9. The Balaban J connectivity index is 3.35. The number of nitrogens with two attached hydrogens (primary N) is 1. The van der Waals surface area contributed by atoms with Gasteiger partial charge in [-0.3, -0.25) is 4.79 Å². The van der Waals surface area contributed by atoms with Crippen LogP contribution in [0.2, 0.25) is 0 Å². The highest BCUT2D eigenvalue weighted by atomic mass is 16.5. The zero-order valence-corrected chi connectivity index (χ0v) is 7.99. The second kappa shape index (κ2) is 7.73. The van der Waals surface area contributed by atoms with E-state index < -0.39 is 6.04 Å². The average Bonchev–Trinajstić information content (AvgIpc) is 2.14.